The third-order valence-corrected chi connectivity index (χ3v) is 5.12. The minimum Gasteiger partial charge on any atom is -0.146 e. The Hall–Kier alpha value is -2.00. The predicted molar refractivity (Wildman–Crippen MR) is 105 cm³/mol. The smallest absolute Gasteiger partial charge is 0.146 e. The summed E-state index contributed by atoms with van der Waals surface area (Å²) in [4.78, 5) is 0. The van der Waals surface area contributed by atoms with Crippen molar-refractivity contribution in [1.29, 1.82) is 0 Å². The van der Waals surface area contributed by atoms with Gasteiger partial charge in [-0.2, -0.15) is 0 Å². The van der Waals surface area contributed by atoms with Gasteiger partial charge in [-0.1, -0.05) is 66.1 Å². The van der Waals surface area contributed by atoms with Crippen molar-refractivity contribution in [2.24, 2.45) is 0 Å². The van der Waals surface area contributed by atoms with Crippen LogP contribution in [0.4, 0.5) is 0 Å². The van der Waals surface area contributed by atoms with Crippen molar-refractivity contribution in [2.45, 2.75) is 27.7 Å². The maximum atomic E-state index is 3.49. The van der Waals surface area contributed by atoms with Crippen LogP contribution >= 0.6 is 0 Å². The van der Waals surface area contributed by atoms with E-state index in [1.54, 1.807) is 0 Å². The SMILES string of the molecule is Cc1cc[c-]c2c(-c3ccc(C)c4c(C)cccc34)ccc(C)c12.[Li+]. The molecule has 0 unspecified atom stereocenters. The first-order chi connectivity index (χ1) is 11.6. The zero-order valence-electron chi connectivity index (χ0n) is 15.7. The molecule has 0 fully saturated rings. The van der Waals surface area contributed by atoms with Crippen molar-refractivity contribution in [2.75, 3.05) is 0 Å². The van der Waals surface area contributed by atoms with Gasteiger partial charge in [0.15, 0.2) is 0 Å². The quantitative estimate of drug-likeness (QED) is 0.371. The molecule has 0 saturated heterocycles. The van der Waals surface area contributed by atoms with Crippen molar-refractivity contribution in [3.63, 3.8) is 0 Å². The summed E-state index contributed by atoms with van der Waals surface area (Å²) in [6, 6.07) is 23.3. The van der Waals surface area contributed by atoms with Crippen molar-refractivity contribution in [3.05, 3.63) is 82.9 Å². The molecule has 0 aliphatic carbocycles. The Labute approximate surface area is 162 Å². The van der Waals surface area contributed by atoms with Gasteiger partial charge in [-0.3, -0.25) is 0 Å². The molecule has 1 heteroatoms. The Bertz CT molecular complexity index is 984. The van der Waals surface area contributed by atoms with Crippen LogP contribution in [0, 0.1) is 33.8 Å². The van der Waals surface area contributed by atoms with Crippen LogP contribution in [-0.4, -0.2) is 0 Å². The van der Waals surface area contributed by atoms with E-state index >= 15 is 0 Å². The summed E-state index contributed by atoms with van der Waals surface area (Å²) in [7, 11) is 0. The molecule has 0 heterocycles. The first kappa shape index (κ1) is 17.8. The molecule has 0 aliphatic rings. The first-order valence-electron chi connectivity index (χ1n) is 8.48. The van der Waals surface area contributed by atoms with E-state index in [0.717, 1.165) is 0 Å². The summed E-state index contributed by atoms with van der Waals surface area (Å²) >= 11 is 0. The molecule has 4 rings (SSSR count). The van der Waals surface area contributed by atoms with Crippen LogP contribution in [-0.2, 0) is 0 Å². The number of hydrogen-bond donors (Lipinski definition) is 0. The van der Waals surface area contributed by atoms with Gasteiger partial charge >= 0.3 is 18.9 Å². The van der Waals surface area contributed by atoms with E-state index in [-0.39, 0.29) is 18.9 Å². The Morgan fingerprint density at radius 2 is 1.20 bits per heavy atom. The molecule has 0 nitrogen and oxygen atoms in total. The zero-order valence-corrected chi connectivity index (χ0v) is 15.7. The zero-order chi connectivity index (χ0) is 16.8. The third kappa shape index (κ3) is 2.81. The molecule has 0 saturated carbocycles. The standard InChI is InChI=1S/C24H21.Li/c1-15-7-5-9-21-19(13-11-17(3)23(15)21)20-14-12-18(4)24-16(2)8-6-10-22(20)24;/h5-9,11-14H,1-4H3;/q-1;+1. The fourth-order valence-corrected chi connectivity index (χ4v) is 3.95. The Morgan fingerprint density at radius 1 is 0.600 bits per heavy atom. The molecule has 4 aromatic rings. The van der Waals surface area contributed by atoms with Crippen molar-refractivity contribution < 1.29 is 18.9 Å². The second-order valence-electron chi connectivity index (χ2n) is 6.77. The number of aryl methyl sites for hydroxylation is 4. The molecule has 4 aromatic carbocycles. The second kappa shape index (κ2) is 6.72. The topological polar surface area (TPSA) is 0 Å². The van der Waals surface area contributed by atoms with Crippen LogP contribution in [0.2, 0.25) is 0 Å². The number of hydrogen-bond acceptors (Lipinski definition) is 0. The molecular formula is C24H21Li. The Kier molecular flexibility index (Phi) is 4.79. The van der Waals surface area contributed by atoms with Gasteiger partial charge in [0.2, 0.25) is 0 Å². The van der Waals surface area contributed by atoms with E-state index in [2.05, 4.69) is 82.3 Å². The van der Waals surface area contributed by atoms with E-state index in [4.69, 9.17) is 0 Å². The average molecular weight is 316 g/mol. The van der Waals surface area contributed by atoms with Gasteiger partial charge in [-0.15, -0.1) is 34.5 Å². The fraction of sp³-hybridized carbons (Fsp3) is 0.167. The molecule has 0 radical (unpaired) electrons. The van der Waals surface area contributed by atoms with Crippen LogP contribution in [0.25, 0.3) is 32.7 Å². The van der Waals surface area contributed by atoms with Gasteiger partial charge in [-0.25, -0.2) is 0 Å². The van der Waals surface area contributed by atoms with E-state index in [1.165, 1.54) is 54.9 Å². The van der Waals surface area contributed by atoms with Crippen LogP contribution in [0.15, 0.2) is 54.6 Å². The maximum absolute atomic E-state index is 3.49. The molecule has 25 heavy (non-hydrogen) atoms. The van der Waals surface area contributed by atoms with Crippen LogP contribution in [0.1, 0.15) is 22.3 Å². The number of fused-ring (bicyclic) bond motifs is 2. The van der Waals surface area contributed by atoms with Crippen LogP contribution < -0.4 is 18.9 Å². The van der Waals surface area contributed by atoms with Gasteiger partial charge in [0, 0.05) is 0 Å². The normalized spacial score (nSPS) is 10.9. The largest absolute Gasteiger partial charge is 1.00 e. The van der Waals surface area contributed by atoms with E-state index in [9.17, 15) is 0 Å². The Morgan fingerprint density at radius 3 is 1.96 bits per heavy atom. The minimum atomic E-state index is 0. The van der Waals surface area contributed by atoms with Gasteiger partial charge in [0.25, 0.3) is 0 Å². The van der Waals surface area contributed by atoms with Crippen molar-refractivity contribution in [3.8, 4) is 11.1 Å². The fourth-order valence-electron chi connectivity index (χ4n) is 3.95. The summed E-state index contributed by atoms with van der Waals surface area (Å²) in [5.41, 5.74) is 7.87. The summed E-state index contributed by atoms with van der Waals surface area (Å²) in [5.74, 6) is 0. The van der Waals surface area contributed by atoms with Gasteiger partial charge in [0.1, 0.15) is 0 Å². The molecule has 0 aliphatic heterocycles. The first-order valence-corrected chi connectivity index (χ1v) is 8.48. The second-order valence-corrected chi connectivity index (χ2v) is 6.77. The van der Waals surface area contributed by atoms with Crippen molar-refractivity contribution >= 4 is 21.5 Å². The third-order valence-electron chi connectivity index (χ3n) is 5.12. The summed E-state index contributed by atoms with van der Waals surface area (Å²) in [6.45, 7) is 8.76. The van der Waals surface area contributed by atoms with E-state index in [1.807, 2.05) is 6.07 Å². The summed E-state index contributed by atoms with van der Waals surface area (Å²) < 4.78 is 0. The molecule has 0 bridgehead atoms. The van der Waals surface area contributed by atoms with Crippen molar-refractivity contribution in [1.82, 2.24) is 0 Å². The van der Waals surface area contributed by atoms with Gasteiger partial charge < -0.3 is 0 Å². The number of rotatable bonds is 1. The molecule has 118 valence electrons. The van der Waals surface area contributed by atoms with E-state index in [0.29, 0.717) is 0 Å². The minimum absolute atomic E-state index is 0. The molecule has 0 N–H and O–H groups in total. The molecule has 0 amide bonds. The maximum Gasteiger partial charge on any atom is 1.00 e. The van der Waals surface area contributed by atoms with Gasteiger partial charge in [-0.05, 0) is 42.7 Å². The Balaban J connectivity index is 0.00000182. The van der Waals surface area contributed by atoms with Crippen LogP contribution in [0.3, 0.4) is 0 Å². The summed E-state index contributed by atoms with van der Waals surface area (Å²) in [5, 5.41) is 5.25. The monoisotopic (exact) mass is 316 g/mol. The molecule has 0 aromatic heterocycles. The molecule has 0 atom stereocenters. The molecule has 0 spiro atoms. The van der Waals surface area contributed by atoms with Crippen LogP contribution in [0.5, 0.6) is 0 Å². The summed E-state index contributed by atoms with van der Waals surface area (Å²) in [6.07, 6.45) is 0. The predicted octanol–water partition coefficient (Wildman–Crippen LogP) is 3.70. The van der Waals surface area contributed by atoms with Gasteiger partial charge in [0.05, 0.1) is 0 Å². The molecular weight excluding hydrogens is 295 g/mol. The van der Waals surface area contributed by atoms with E-state index < -0.39 is 0 Å². The average Bonchev–Trinajstić information content (AvgIpc) is 2.56. The number of benzene rings is 4.